The van der Waals surface area contributed by atoms with Crippen LogP contribution in [0.5, 0.6) is 0 Å². The van der Waals surface area contributed by atoms with E-state index in [0.717, 1.165) is 11.6 Å². The highest BCUT2D eigenvalue weighted by Crippen LogP contribution is 2.17. The molecule has 0 aliphatic carbocycles. The average molecular weight is 401 g/mol. The van der Waals surface area contributed by atoms with Gasteiger partial charge >= 0.3 is 0 Å². The molecule has 12 heteroatoms. The topological polar surface area (TPSA) is 98.2 Å². The minimum absolute atomic E-state index is 0.267. The first-order valence-corrected chi connectivity index (χ1v) is 8.13. The van der Waals surface area contributed by atoms with Gasteiger partial charge in [-0.2, -0.15) is 0 Å². The molecule has 0 radical (unpaired) electrons. The molecule has 0 spiro atoms. The molecule has 0 aliphatic rings. The molecular weight excluding hydrogens is 389 g/mol. The maximum atomic E-state index is 5.80. The maximum Gasteiger partial charge on any atom is 0.203 e. The van der Waals surface area contributed by atoms with E-state index < -0.39 is 0 Å². The average Bonchev–Trinajstić information content (AvgIpc) is 3.12. The van der Waals surface area contributed by atoms with Crippen LogP contribution in [0.2, 0.25) is 15.5 Å². The van der Waals surface area contributed by atoms with E-state index >= 15 is 0 Å². The first-order chi connectivity index (χ1) is 11.9. The first kappa shape index (κ1) is 17.6. The molecule has 1 N–H and O–H groups in total. The molecule has 0 saturated heterocycles. The van der Waals surface area contributed by atoms with Gasteiger partial charge in [0.15, 0.2) is 16.6 Å². The minimum atomic E-state index is 0.267. The Balaban J connectivity index is 0.000000146. The second-order valence-electron chi connectivity index (χ2n) is 4.90. The zero-order valence-corrected chi connectivity index (χ0v) is 15.6. The summed E-state index contributed by atoms with van der Waals surface area (Å²) in [6.45, 7) is 3.67. The van der Waals surface area contributed by atoms with E-state index in [-0.39, 0.29) is 5.15 Å². The van der Waals surface area contributed by atoms with Gasteiger partial charge in [0.05, 0.1) is 0 Å². The molecule has 0 amide bonds. The number of rotatable bonds is 1. The Labute approximate surface area is 157 Å². The number of hydrogen-bond donors (Lipinski definition) is 1. The summed E-state index contributed by atoms with van der Waals surface area (Å²) in [5.74, 6) is 2.15. The molecule has 0 bridgehead atoms. The Morgan fingerprint density at radius 2 is 1.32 bits per heavy atom. The lowest BCUT2D eigenvalue weighted by atomic mass is 10.6. The van der Waals surface area contributed by atoms with Gasteiger partial charge in [0, 0.05) is 19.4 Å². The second-order valence-corrected chi connectivity index (χ2v) is 6.03. The molecule has 0 unspecified atom stereocenters. The Hall–Kier alpha value is -2.23. The standard InChI is InChI=1S/C7H8ClN5.C6H4Cl2N4/c1-4-11-12-7-6(9-2)10-5(8)3-13(4)7;1-3-10-11-6-5(8)9-4(7)2-12(3)6/h3H,1-2H3,(H,9,10);2H,1H3. The van der Waals surface area contributed by atoms with Crippen LogP contribution in [0.15, 0.2) is 12.4 Å². The third kappa shape index (κ3) is 3.44. The molecule has 0 saturated carbocycles. The van der Waals surface area contributed by atoms with Crippen LogP contribution >= 0.6 is 34.8 Å². The Kier molecular flexibility index (Phi) is 4.89. The van der Waals surface area contributed by atoms with Gasteiger partial charge in [-0.05, 0) is 13.8 Å². The lowest BCUT2D eigenvalue weighted by molar-refractivity contribution is 1.00. The maximum absolute atomic E-state index is 5.80. The van der Waals surface area contributed by atoms with Crippen LogP contribution in [0.25, 0.3) is 11.3 Å². The molecule has 0 fully saturated rings. The van der Waals surface area contributed by atoms with Crippen molar-refractivity contribution in [3.63, 3.8) is 0 Å². The van der Waals surface area contributed by atoms with Crippen molar-refractivity contribution in [3.8, 4) is 0 Å². The van der Waals surface area contributed by atoms with Crippen molar-refractivity contribution in [2.24, 2.45) is 0 Å². The van der Waals surface area contributed by atoms with Crippen LogP contribution in [-0.4, -0.2) is 46.2 Å². The van der Waals surface area contributed by atoms with Gasteiger partial charge in [0.25, 0.3) is 0 Å². The SMILES string of the molecule is CNc1nc(Cl)cn2c(C)nnc12.Cc1nnc2c(Cl)nc(Cl)cn12. The monoisotopic (exact) mass is 399 g/mol. The molecule has 4 aromatic rings. The van der Waals surface area contributed by atoms with Gasteiger partial charge in [-0.1, -0.05) is 34.8 Å². The summed E-state index contributed by atoms with van der Waals surface area (Å²) in [5.41, 5.74) is 1.21. The number of halogens is 3. The van der Waals surface area contributed by atoms with Crippen molar-refractivity contribution >= 4 is 51.9 Å². The number of hydrogen-bond acceptors (Lipinski definition) is 7. The van der Waals surface area contributed by atoms with Crippen LogP contribution in [0, 0.1) is 13.8 Å². The largest absolute Gasteiger partial charge is 0.370 e. The lowest BCUT2D eigenvalue weighted by Gasteiger charge is -2.01. The number of anilines is 1. The zero-order valence-electron chi connectivity index (χ0n) is 13.4. The van der Waals surface area contributed by atoms with Crippen LogP contribution in [0.4, 0.5) is 5.82 Å². The van der Waals surface area contributed by atoms with E-state index in [1.807, 2.05) is 13.8 Å². The predicted octanol–water partition coefficient (Wildman–Crippen LogP) is 2.87. The summed E-state index contributed by atoms with van der Waals surface area (Å²) in [6.07, 6.45) is 3.31. The van der Waals surface area contributed by atoms with Crippen LogP contribution < -0.4 is 5.32 Å². The normalized spacial score (nSPS) is 10.8. The molecule has 9 nitrogen and oxygen atoms in total. The summed E-state index contributed by atoms with van der Waals surface area (Å²) in [4.78, 5) is 7.89. The smallest absolute Gasteiger partial charge is 0.203 e. The van der Waals surface area contributed by atoms with E-state index in [1.54, 1.807) is 28.2 Å². The predicted molar refractivity (Wildman–Crippen MR) is 95.6 cm³/mol. The Morgan fingerprint density at radius 3 is 1.92 bits per heavy atom. The van der Waals surface area contributed by atoms with Gasteiger partial charge < -0.3 is 5.32 Å². The molecule has 4 rings (SSSR count). The Bertz CT molecular complexity index is 1060. The molecular formula is C13H12Cl3N9. The zero-order chi connectivity index (χ0) is 18.1. The molecule has 4 aromatic heterocycles. The van der Waals surface area contributed by atoms with Crippen LogP contribution in [0.3, 0.4) is 0 Å². The lowest BCUT2D eigenvalue weighted by Crippen LogP contribution is -1.98. The first-order valence-electron chi connectivity index (χ1n) is 6.99. The Morgan fingerprint density at radius 1 is 0.800 bits per heavy atom. The van der Waals surface area contributed by atoms with E-state index in [2.05, 4.69) is 35.7 Å². The van der Waals surface area contributed by atoms with E-state index in [4.69, 9.17) is 34.8 Å². The summed E-state index contributed by atoms with van der Waals surface area (Å²) < 4.78 is 3.48. The third-order valence-electron chi connectivity index (χ3n) is 3.26. The highest BCUT2D eigenvalue weighted by atomic mass is 35.5. The number of fused-ring (bicyclic) bond motifs is 2. The summed E-state index contributed by atoms with van der Waals surface area (Å²) in [5, 5.41) is 19.4. The molecule has 4 heterocycles. The molecule has 0 aliphatic heterocycles. The molecule has 0 aromatic carbocycles. The van der Waals surface area contributed by atoms with Crippen molar-refractivity contribution in [3.05, 3.63) is 39.5 Å². The number of aromatic nitrogens is 8. The number of aryl methyl sites for hydroxylation is 2. The van der Waals surface area contributed by atoms with Crippen molar-refractivity contribution in [2.75, 3.05) is 12.4 Å². The number of nitrogens with one attached hydrogen (secondary N) is 1. The van der Waals surface area contributed by atoms with Gasteiger partial charge in [-0.15, -0.1) is 20.4 Å². The highest BCUT2D eigenvalue weighted by molar-refractivity contribution is 6.34. The van der Waals surface area contributed by atoms with Crippen molar-refractivity contribution < 1.29 is 0 Å². The fourth-order valence-electron chi connectivity index (χ4n) is 2.09. The second kappa shape index (κ2) is 6.95. The minimum Gasteiger partial charge on any atom is -0.370 e. The van der Waals surface area contributed by atoms with Gasteiger partial charge in [-0.3, -0.25) is 8.80 Å². The molecule has 0 atom stereocenters. The fraction of sp³-hybridized carbons (Fsp3) is 0.231. The van der Waals surface area contributed by atoms with E-state index in [1.165, 1.54) is 0 Å². The summed E-state index contributed by atoms with van der Waals surface area (Å²) >= 11 is 17.2. The van der Waals surface area contributed by atoms with Crippen molar-refractivity contribution in [1.29, 1.82) is 0 Å². The molecule has 130 valence electrons. The third-order valence-corrected chi connectivity index (χ3v) is 3.88. The van der Waals surface area contributed by atoms with E-state index in [0.29, 0.717) is 27.4 Å². The van der Waals surface area contributed by atoms with Crippen LogP contribution in [0.1, 0.15) is 11.6 Å². The van der Waals surface area contributed by atoms with E-state index in [9.17, 15) is 0 Å². The highest BCUT2D eigenvalue weighted by Gasteiger charge is 2.08. The van der Waals surface area contributed by atoms with Gasteiger partial charge in [0.2, 0.25) is 5.65 Å². The number of nitrogens with zero attached hydrogens (tertiary/aromatic N) is 8. The van der Waals surface area contributed by atoms with Gasteiger partial charge in [0.1, 0.15) is 22.0 Å². The quantitative estimate of drug-likeness (QED) is 0.524. The van der Waals surface area contributed by atoms with Gasteiger partial charge in [-0.25, -0.2) is 9.97 Å². The molecule has 25 heavy (non-hydrogen) atoms. The van der Waals surface area contributed by atoms with Crippen molar-refractivity contribution in [1.82, 2.24) is 39.2 Å². The van der Waals surface area contributed by atoms with Crippen LogP contribution in [-0.2, 0) is 0 Å². The summed E-state index contributed by atoms with van der Waals surface area (Å²) in [7, 11) is 1.77. The van der Waals surface area contributed by atoms with Crippen molar-refractivity contribution in [2.45, 2.75) is 13.8 Å². The fourth-order valence-corrected chi connectivity index (χ4v) is 2.72. The summed E-state index contributed by atoms with van der Waals surface area (Å²) in [6, 6.07) is 0.